The molecule has 1 saturated heterocycles. The first-order valence-corrected chi connectivity index (χ1v) is 18.2. The van der Waals surface area contributed by atoms with E-state index in [-0.39, 0.29) is 40.7 Å². The second-order valence-electron chi connectivity index (χ2n) is 8.92. The van der Waals surface area contributed by atoms with E-state index in [2.05, 4.69) is 10.6 Å². The fourth-order valence-electron chi connectivity index (χ4n) is 3.98. The van der Waals surface area contributed by atoms with Crippen molar-refractivity contribution in [3.63, 3.8) is 0 Å². The number of amides is 1. The molecule has 0 aliphatic carbocycles. The fourth-order valence-corrected chi connectivity index (χ4v) is 9.25. The lowest BCUT2D eigenvalue weighted by Crippen LogP contribution is -2.42. The second-order valence-corrected chi connectivity index (χ2v) is 18.6. The Bertz CT molecular complexity index is 1680. The van der Waals surface area contributed by atoms with E-state index in [0.717, 1.165) is 11.3 Å². The largest absolute Gasteiger partial charge is 0.382 e. The molecule has 15 heteroatoms. The van der Waals surface area contributed by atoms with Crippen molar-refractivity contribution in [1.29, 1.82) is 0 Å². The van der Waals surface area contributed by atoms with Crippen LogP contribution in [0.25, 0.3) is 0 Å². The number of benzene rings is 2. The first-order chi connectivity index (χ1) is 18.3. The van der Waals surface area contributed by atoms with Crippen LogP contribution in [0.1, 0.15) is 28.1 Å². The van der Waals surface area contributed by atoms with Gasteiger partial charge in [0.1, 0.15) is 4.21 Å². The number of piperidine rings is 1. The Morgan fingerprint density at radius 3 is 2.28 bits per heavy atom. The van der Waals surface area contributed by atoms with Crippen LogP contribution in [0.3, 0.4) is 0 Å². The van der Waals surface area contributed by atoms with Gasteiger partial charge in [-0.3, -0.25) is 4.79 Å². The summed E-state index contributed by atoms with van der Waals surface area (Å²) in [5.74, 6) is -0.293. The molecular formula is C24H26ClN3O7S4. The molecule has 1 aliphatic rings. The number of hydrogen-bond acceptors (Lipinski definition) is 9. The van der Waals surface area contributed by atoms with E-state index in [1.54, 1.807) is 36.4 Å². The molecule has 0 bridgehead atoms. The van der Waals surface area contributed by atoms with Gasteiger partial charge in [-0.1, -0.05) is 17.7 Å². The van der Waals surface area contributed by atoms with E-state index in [1.165, 1.54) is 28.6 Å². The Morgan fingerprint density at radius 2 is 1.64 bits per heavy atom. The lowest BCUT2D eigenvalue weighted by Gasteiger charge is -2.31. The number of rotatable bonds is 9. The smallest absolute Gasteiger partial charge is 0.281 e. The summed E-state index contributed by atoms with van der Waals surface area (Å²) in [7, 11) is -12.6. The molecule has 1 fully saturated rings. The summed E-state index contributed by atoms with van der Waals surface area (Å²) >= 11 is 6.94. The van der Waals surface area contributed by atoms with Crippen molar-refractivity contribution in [1.82, 2.24) is 9.62 Å². The van der Waals surface area contributed by atoms with Gasteiger partial charge >= 0.3 is 0 Å². The van der Waals surface area contributed by atoms with Gasteiger partial charge in [0, 0.05) is 40.3 Å². The Morgan fingerprint density at radius 1 is 0.974 bits per heavy atom. The van der Waals surface area contributed by atoms with Gasteiger partial charge in [-0.05, 0) is 67.4 Å². The topological polar surface area (TPSA) is 147 Å². The number of carbonyl (C=O) groups is 1. The summed E-state index contributed by atoms with van der Waals surface area (Å²) in [5, 5.41) is 6.47. The van der Waals surface area contributed by atoms with Crippen LogP contribution in [0.5, 0.6) is 0 Å². The van der Waals surface area contributed by atoms with E-state index in [0.29, 0.717) is 40.2 Å². The monoisotopic (exact) mass is 631 g/mol. The Kier molecular flexibility index (Phi) is 8.73. The molecule has 0 atom stereocenters. The molecule has 2 heterocycles. The fraction of sp³-hybridized carbons (Fsp3) is 0.292. The highest BCUT2D eigenvalue weighted by Gasteiger charge is 2.31. The molecule has 1 aromatic heterocycles. The summed E-state index contributed by atoms with van der Waals surface area (Å²) in [6, 6.07) is 15.1. The maximum Gasteiger partial charge on any atom is 0.281 e. The number of thiophene rings is 1. The van der Waals surface area contributed by atoms with Gasteiger partial charge in [0.25, 0.3) is 33.7 Å². The minimum Gasteiger partial charge on any atom is -0.382 e. The third-order valence-electron chi connectivity index (χ3n) is 6.11. The van der Waals surface area contributed by atoms with Gasteiger partial charge < -0.3 is 10.6 Å². The van der Waals surface area contributed by atoms with Crippen LogP contribution < -0.4 is 10.6 Å². The lowest BCUT2D eigenvalue weighted by molar-refractivity contribution is 0.0951. The van der Waals surface area contributed by atoms with Crippen molar-refractivity contribution in [3.05, 3.63) is 76.1 Å². The summed E-state index contributed by atoms with van der Waals surface area (Å²) in [5.41, 5.74) is 0.883. The normalized spacial score (nSPS) is 15.6. The standard InChI is InChI=1S/C24H26ClN3O7S4/c1-37(30,31)39(34,35)22-4-2-3-20(15-22)27-19-11-13-28(14-12-19)38(32,33)23-10-9-21(36-23)16-26-24(29)17-5-7-18(25)8-6-17/h2-10,15,19,27H,11-14,16H2,1H3,(H,26,29). The zero-order chi connectivity index (χ0) is 28.4. The van der Waals surface area contributed by atoms with Gasteiger partial charge in [0.05, 0.1) is 17.7 Å². The average molecular weight is 632 g/mol. The summed E-state index contributed by atoms with van der Waals surface area (Å²) in [6.07, 6.45) is 1.59. The molecule has 0 saturated carbocycles. The first kappa shape index (κ1) is 29.5. The molecule has 10 nitrogen and oxygen atoms in total. The number of nitrogens with zero attached hydrogens (tertiary/aromatic N) is 1. The Balaban J connectivity index is 1.34. The highest BCUT2D eigenvalue weighted by atomic mass is 35.5. The van der Waals surface area contributed by atoms with E-state index < -0.39 is 27.8 Å². The second kappa shape index (κ2) is 11.6. The maximum atomic E-state index is 13.2. The minimum absolute atomic E-state index is 0.130. The van der Waals surface area contributed by atoms with Crippen LogP contribution in [0, 0.1) is 0 Å². The van der Waals surface area contributed by atoms with Crippen LogP contribution in [0.15, 0.2) is 69.8 Å². The summed E-state index contributed by atoms with van der Waals surface area (Å²) in [4.78, 5) is 12.7. The van der Waals surface area contributed by atoms with Crippen LogP contribution in [0.4, 0.5) is 5.69 Å². The molecule has 0 radical (unpaired) electrons. The van der Waals surface area contributed by atoms with E-state index in [1.807, 2.05) is 0 Å². The van der Waals surface area contributed by atoms with Crippen LogP contribution in [-0.2, 0) is 34.3 Å². The van der Waals surface area contributed by atoms with E-state index >= 15 is 0 Å². The molecule has 0 unspecified atom stereocenters. The maximum absolute atomic E-state index is 13.2. The van der Waals surface area contributed by atoms with Crippen molar-refractivity contribution >= 4 is 62.3 Å². The van der Waals surface area contributed by atoms with Crippen LogP contribution >= 0.6 is 22.9 Å². The molecule has 39 heavy (non-hydrogen) atoms. The number of sulfonamides is 1. The number of anilines is 1. The lowest BCUT2D eigenvalue weighted by atomic mass is 10.1. The molecule has 3 aromatic rings. The van der Waals surface area contributed by atoms with Gasteiger partial charge in [0.2, 0.25) is 0 Å². The predicted octanol–water partition coefficient (Wildman–Crippen LogP) is 3.33. The molecule has 2 aromatic carbocycles. The van der Waals surface area contributed by atoms with Gasteiger partial charge in [0.15, 0.2) is 0 Å². The van der Waals surface area contributed by atoms with Gasteiger partial charge in [-0.25, -0.2) is 25.3 Å². The van der Waals surface area contributed by atoms with E-state index in [4.69, 9.17) is 11.6 Å². The summed E-state index contributed by atoms with van der Waals surface area (Å²) in [6.45, 7) is 0.686. The zero-order valence-corrected chi connectivity index (χ0v) is 24.7. The third kappa shape index (κ3) is 6.81. The molecule has 1 amide bonds. The number of nitrogens with one attached hydrogen (secondary N) is 2. The van der Waals surface area contributed by atoms with Gasteiger partial charge in [-0.15, -0.1) is 11.3 Å². The van der Waals surface area contributed by atoms with Gasteiger partial charge in [-0.2, -0.15) is 4.31 Å². The van der Waals surface area contributed by atoms with Crippen LogP contribution in [0.2, 0.25) is 5.02 Å². The average Bonchev–Trinajstić information content (AvgIpc) is 3.38. The highest BCUT2D eigenvalue weighted by molar-refractivity contribution is 8.66. The Labute approximate surface area is 236 Å². The molecule has 210 valence electrons. The summed E-state index contributed by atoms with van der Waals surface area (Å²) < 4.78 is 75.7. The van der Waals surface area contributed by atoms with Crippen molar-refractivity contribution in [2.45, 2.75) is 34.5 Å². The molecule has 2 N–H and O–H groups in total. The molecular weight excluding hydrogens is 606 g/mol. The molecule has 0 spiro atoms. The first-order valence-electron chi connectivity index (χ1n) is 11.7. The SMILES string of the molecule is CS(=O)(=O)S(=O)(=O)c1cccc(NC2CCN(S(=O)(=O)c3ccc(CNC(=O)c4ccc(Cl)cc4)s3)CC2)c1. The molecule has 4 rings (SSSR count). The quantitative estimate of drug-likeness (QED) is 0.342. The number of hydrogen-bond donors (Lipinski definition) is 2. The number of carbonyl (C=O) groups excluding carboxylic acids is 1. The third-order valence-corrected chi connectivity index (χ3v) is 14.4. The van der Waals surface area contributed by atoms with Crippen LogP contribution in [-0.4, -0.2) is 60.9 Å². The molecule has 1 aliphatic heterocycles. The van der Waals surface area contributed by atoms with Crippen molar-refractivity contribution in [2.75, 3.05) is 24.7 Å². The zero-order valence-electron chi connectivity index (χ0n) is 20.7. The Hall–Kier alpha value is -2.49. The predicted molar refractivity (Wildman–Crippen MR) is 151 cm³/mol. The number of halogens is 1. The van der Waals surface area contributed by atoms with Crippen molar-refractivity contribution in [2.24, 2.45) is 0 Å². The van der Waals surface area contributed by atoms with Crippen molar-refractivity contribution < 1.29 is 30.0 Å². The highest BCUT2D eigenvalue weighted by Crippen LogP contribution is 2.28. The van der Waals surface area contributed by atoms with Crippen molar-refractivity contribution in [3.8, 4) is 0 Å². The van der Waals surface area contributed by atoms with E-state index in [9.17, 15) is 30.0 Å². The minimum atomic E-state index is -4.50.